The monoisotopic (exact) mass is 400 g/mol. The third-order valence-corrected chi connectivity index (χ3v) is 5.32. The minimum Gasteiger partial charge on any atom is -0.466 e. The molecule has 0 atom stereocenters. The van der Waals surface area contributed by atoms with Crippen LogP contribution in [0.2, 0.25) is 0 Å². The van der Waals surface area contributed by atoms with Crippen molar-refractivity contribution in [3.8, 4) is 0 Å². The molecule has 0 unspecified atom stereocenters. The van der Waals surface area contributed by atoms with E-state index in [0.29, 0.717) is 26.6 Å². The lowest BCUT2D eigenvalue weighted by Gasteiger charge is -2.35. The molecule has 0 aromatic heterocycles. The van der Waals surface area contributed by atoms with Gasteiger partial charge in [-0.2, -0.15) is 0 Å². The van der Waals surface area contributed by atoms with Crippen molar-refractivity contribution in [2.75, 3.05) is 33.2 Å². The topological polar surface area (TPSA) is 71.1 Å². The first-order valence-corrected chi connectivity index (χ1v) is 11.1. The Bertz CT molecular complexity index is 417. The molecule has 0 bridgehead atoms. The van der Waals surface area contributed by atoms with Gasteiger partial charge in [-0.05, 0) is 12.8 Å². The van der Waals surface area contributed by atoms with Gasteiger partial charge in [-0.15, -0.1) is 0 Å². The number of esters is 2. The molecule has 0 radical (unpaired) electrons. The summed E-state index contributed by atoms with van der Waals surface area (Å²) in [5, 5.41) is 0. The molecule has 0 amide bonds. The average Bonchev–Trinajstić information content (AvgIpc) is 2.72. The lowest BCUT2D eigenvalue weighted by molar-refractivity contribution is -0.187. The first kappa shape index (κ1) is 24.9. The molecule has 0 N–H and O–H groups in total. The fourth-order valence-electron chi connectivity index (χ4n) is 3.19. The Labute approximate surface area is 170 Å². The van der Waals surface area contributed by atoms with Gasteiger partial charge in [-0.25, -0.2) is 0 Å². The summed E-state index contributed by atoms with van der Waals surface area (Å²) in [6.45, 7) is 6.30. The van der Waals surface area contributed by atoms with Gasteiger partial charge in [0.2, 0.25) is 0 Å². The largest absolute Gasteiger partial charge is 0.466 e. The van der Waals surface area contributed by atoms with Crippen molar-refractivity contribution in [2.45, 2.75) is 90.9 Å². The molecule has 164 valence electrons. The van der Waals surface area contributed by atoms with Crippen LogP contribution < -0.4 is 0 Å². The Hall–Kier alpha value is -1.14. The zero-order valence-corrected chi connectivity index (χ0v) is 18.0. The summed E-state index contributed by atoms with van der Waals surface area (Å²) in [5.74, 6) is -0.704. The molecule has 28 heavy (non-hydrogen) atoms. The molecular weight excluding hydrogens is 360 g/mol. The molecule has 1 rings (SSSR count). The van der Waals surface area contributed by atoms with E-state index in [4.69, 9.17) is 18.9 Å². The van der Waals surface area contributed by atoms with Crippen LogP contribution in [0.4, 0.5) is 0 Å². The van der Waals surface area contributed by atoms with Crippen LogP contribution in [0.25, 0.3) is 0 Å². The zero-order valence-electron chi connectivity index (χ0n) is 18.0. The Morgan fingerprint density at radius 1 is 0.786 bits per heavy atom. The van der Waals surface area contributed by atoms with Crippen molar-refractivity contribution in [3.63, 3.8) is 0 Å². The maximum atomic E-state index is 11.9. The third kappa shape index (κ3) is 11.6. The van der Waals surface area contributed by atoms with Crippen molar-refractivity contribution < 1.29 is 28.5 Å². The van der Waals surface area contributed by atoms with Crippen LogP contribution in [0, 0.1) is 5.41 Å². The van der Waals surface area contributed by atoms with E-state index in [1.807, 2.05) is 6.92 Å². The fraction of sp³-hybridized carbons (Fsp3) is 0.909. The summed E-state index contributed by atoms with van der Waals surface area (Å²) in [7, 11) is 0. The summed E-state index contributed by atoms with van der Waals surface area (Å²) in [4.78, 5) is 23.6. The number of hydrogen-bond acceptors (Lipinski definition) is 6. The highest BCUT2D eigenvalue weighted by Gasteiger charge is 2.33. The fourth-order valence-corrected chi connectivity index (χ4v) is 3.19. The van der Waals surface area contributed by atoms with E-state index in [9.17, 15) is 9.59 Å². The molecule has 1 fully saturated rings. The van der Waals surface area contributed by atoms with Gasteiger partial charge in [0.1, 0.15) is 13.4 Å². The Morgan fingerprint density at radius 3 is 1.89 bits per heavy atom. The van der Waals surface area contributed by atoms with E-state index in [2.05, 4.69) is 6.92 Å². The molecule has 1 saturated heterocycles. The van der Waals surface area contributed by atoms with Crippen molar-refractivity contribution in [3.05, 3.63) is 0 Å². The average molecular weight is 401 g/mol. The summed E-state index contributed by atoms with van der Waals surface area (Å²) >= 11 is 0. The number of hydrogen-bond donors (Lipinski definition) is 0. The zero-order chi connectivity index (χ0) is 20.5. The van der Waals surface area contributed by atoms with E-state index < -0.39 is 0 Å². The minimum absolute atomic E-state index is 0.0537. The van der Waals surface area contributed by atoms with Crippen LogP contribution in [0.1, 0.15) is 90.9 Å². The number of carbonyl (C=O) groups is 2. The highest BCUT2D eigenvalue weighted by Crippen LogP contribution is 2.26. The smallest absolute Gasteiger partial charge is 0.306 e. The van der Waals surface area contributed by atoms with Crippen LogP contribution in [0.3, 0.4) is 0 Å². The quantitative estimate of drug-likeness (QED) is 0.274. The SMILES string of the molecule is CCCCCCCCCCCOC(=O)CCC(=O)OCC1(CC)COCOC1. The molecule has 6 nitrogen and oxygen atoms in total. The van der Waals surface area contributed by atoms with Crippen molar-refractivity contribution in [1.29, 1.82) is 0 Å². The second-order valence-corrected chi connectivity index (χ2v) is 7.88. The predicted octanol–water partition coefficient (Wildman–Crippen LogP) is 4.78. The van der Waals surface area contributed by atoms with Gasteiger partial charge in [-0.1, -0.05) is 65.2 Å². The molecule has 0 spiro atoms. The second-order valence-electron chi connectivity index (χ2n) is 7.88. The summed E-state index contributed by atoms with van der Waals surface area (Å²) in [5.41, 5.74) is -0.273. The van der Waals surface area contributed by atoms with Gasteiger partial charge >= 0.3 is 11.9 Å². The Morgan fingerprint density at radius 2 is 1.32 bits per heavy atom. The van der Waals surface area contributed by atoms with Gasteiger partial charge in [0.05, 0.1) is 38.1 Å². The van der Waals surface area contributed by atoms with E-state index in [1.165, 1.54) is 44.9 Å². The van der Waals surface area contributed by atoms with E-state index in [0.717, 1.165) is 19.3 Å². The number of rotatable bonds is 16. The normalized spacial score (nSPS) is 15.9. The van der Waals surface area contributed by atoms with Gasteiger partial charge in [-0.3, -0.25) is 9.59 Å². The van der Waals surface area contributed by atoms with Crippen LogP contribution in [-0.2, 0) is 28.5 Å². The maximum Gasteiger partial charge on any atom is 0.306 e. The molecule has 6 heteroatoms. The predicted molar refractivity (Wildman–Crippen MR) is 108 cm³/mol. The third-order valence-electron chi connectivity index (χ3n) is 5.32. The Balaban J connectivity index is 1.97. The van der Waals surface area contributed by atoms with Crippen molar-refractivity contribution in [1.82, 2.24) is 0 Å². The van der Waals surface area contributed by atoms with E-state index in [1.54, 1.807) is 0 Å². The van der Waals surface area contributed by atoms with Crippen molar-refractivity contribution >= 4 is 11.9 Å². The molecule has 0 saturated carbocycles. The van der Waals surface area contributed by atoms with E-state index >= 15 is 0 Å². The maximum absolute atomic E-state index is 11.9. The van der Waals surface area contributed by atoms with Crippen LogP contribution >= 0.6 is 0 Å². The standard InChI is InChI=1S/C22H40O6/c1-3-5-6-7-8-9-10-11-12-15-27-20(23)13-14-21(24)28-18-22(4-2)16-25-19-26-17-22/h3-19H2,1-2H3. The Kier molecular flexibility index (Phi) is 14.0. The summed E-state index contributed by atoms with van der Waals surface area (Å²) in [6, 6.07) is 0. The van der Waals surface area contributed by atoms with E-state index in [-0.39, 0.29) is 36.8 Å². The highest BCUT2D eigenvalue weighted by molar-refractivity contribution is 5.77. The molecule has 0 aromatic rings. The molecule has 1 aliphatic rings. The van der Waals surface area contributed by atoms with Gasteiger partial charge < -0.3 is 18.9 Å². The molecule has 0 aromatic carbocycles. The van der Waals surface area contributed by atoms with Crippen molar-refractivity contribution in [2.24, 2.45) is 5.41 Å². The number of carbonyl (C=O) groups excluding carboxylic acids is 2. The number of unbranched alkanes of at least 4 members (excludes halogenated alkanes) is 8. The lowest BCUT2D eigenvalue weighted by atomic mass is 9.87. The lowest BCUT2D eigenvalue weighted by Crippen LogP contribution is -2.41. The molecular formula is C22H40O6. The van der Waals surface area contributed by atoms with Crippen LogP contribution in [-0.4, -0.2) is 45.2 Å². The second kappa shape index (κ2) is 15.7. The summed E-state index contributed by atoms with van der Waals surface area (Å²) in [6.07, 6.45) is 12.0. The van der Waals surface area contributed by atoms with Crippen LogP contribution in [0.5, 0.6) is 0 Å². The highest BCUT2D eigenvalue weighted by atomic mass is 16.7. The molecule has 0 aliphatic carbocycles. The number of ether oxygens (including phenoxy) is 4. The molecule has 1 heterocycles. The van der Waals surface area contributed by atoms with Gasteiger partial charge in [0.15, 0.2) is 0 Å². The summed E-state index contributed by atoms with van der Waals surface area (Å²) < 4.78 is 21.2. The molecule has 1 aliphatic heterocycles. The van der Waals surface area contributed by atoms with Gasteiger partial charge in [0, 0.05) is 0 Å². The first-order valence-electron chi connectivity index (χ1n) is 11.1. The van der Waals surface area contributed by atoms with Crippen LogP contribution in [0.15, 0.2) is 0 Å². The first-order chi connectivity index (χ1) is 13.6. The van der Waals surface area contributed by atoms with Gasteiger partial charge in [0.25, 0.3) is 0 Å². The minimum atomic E-state index is -0.376.